The fraction of sp³-hybridized carbons (Fsp3) is 0.385. The molecule has 2 rings (SSSR count). The van der Waals surface area contributed by atoms with Gasteiger partial charge in [0.15, 0.2) is 5.76 Å². The van der Waals surface area contributed by atoms with Gasteiger partial charge in [-0.1, -0.05) is 0 Å². The SMILES string of the molecule is CCN(CC)C(=O)C1=CC(c2ccco2)=NS(=O)(=O)N1C. The lowest BCUT2D eigenvalue weighted by molar-refractivity contribution is -0.127. The van der Waals surface area contributed by atoms with Gasteiger partial charge in [-0.15, -0.1) is 4.40 Å². The molecule has 0 saturated carbocycles. The normalized spacial score (nSPS) is 17.2. The Labute approximate surface area is 123 Å². The maximum atomic E-state index is 12.4. The van der Waals surface area contributed by atoms with Crippen LogP contribution in [-0.4, -0.2) is 49.4 Å². The Kier molecular flexibility index (Phi) is 4.17. The average molecular weight is 311 g/mol. The quantitative estimate of drug-likeness (QED) is 0.831. The summed E-state index contributed by atoms with van der Waals surface area (Å²) < 4.78 is 33.9. The molecule has 2 heterocycles. The van der Waals surface area contributed by atoms with Gasteiger partial charge in [0.25, 0.3) is 5.91 Å². The molecule has 8 heteroatoms. The topological polar surface area (TPSA) is 83.2 Å². The van der Waals surface area contributed by atoms with Crippen LogP contribution >= 0.6 is 0 Å². The van der Waals surface area contributed by atoms with E-state index in [1.807, 2.05) is 13.8 Å². The van der Waals surface area contributed by atoms with Crippen molar-refractivity contribution < 1.29 is 17.6 Å². The molecule has 21 heavy (non-hydrogen) atoms. The molecule has 0 radical (unpaired) electrons. The van der Waals surface area contributed by atoms with Gasteiger partial charge >= 0.3 is 10.2 Å². The zero-order chi connectivity index (χ0) is 15.6. The minimum Gasteiger partial charge on any atom is -0.463 e. The second-order valence-corrected chi connectivity index (χ2v) is 6.03. The number of carbonyl (C=O) groups is 1. The van der Waals surface area contributed by atoms with Crippen LogP contribution in [0.25, 0.3) is 0 Å². The maximum absolute atomic E-state index is 12.4. The summed E-state index contributed by atoms with van der Waals surface area (Å²) in [5, 5.41) is 0. The molecule has 0 unspecified atom stereocenters. The maximum Gasteiger partial charge on any atom is 0.345 e. The molecule has 1 aliphatic heterocycles. The smallest absolute Gasteiger partial charge is 0.345 e. The molecule has 0 saturated heterocycles. The Morgan fingerprint density at radius 2 is 2.05 bits per heavy atom. The van der Waals surface area contributed by atoms with Crippen LogP contribution < -0.4 is 0 Å². The molecule has 1 aromatic heterocycles. The fourth-order valence-electron chi connectivity index (χ4n) is 1.97. The van der Waals surface area contributed by atoms with E-state index in [9.17, 15) is 13.2 Å². The van der Waals surface area contributed by atoms with Gasteiger partial charge < -0.3 is 9.32 Å². The van der Waals surface area contributed by atoms with Crippen LogP contribution in [0.5, 0.6) is 0 Å². The van der Waals surface area contributed by atoms with Gasteiger partial charge in [-0.05, 0) is 32.1 Å². The summed E-state index contributed by atoms with van der Waals surface area (Å²) in [5.74, 6) is -0.0541. The first-order valence-corrected chi connectivity index (χ1v) is 7.94. The van der Waals surface area contributed by atoms with E-state index in [-0.39, 0.29) is 17.3 Å². The molecule has 0 fully saturated rings. The first-order chi connectivity index (χ1) is 9.90. The molecule has 7 nitrogen and oxygen atoms in total. The minimum atomic E-state index is -3.94. The molecule has 0 aliphatic carbocycles. The number of rotatable bonds is 4. The Balaban J connectivity index is 2.49. The molecule has 114 valence electrons. The van der Waals surface area contributed by atoms with Crippen molar-refractivity contribution in [1.29, 1.82) is 0 Å². The number of carbonyl (C=O) groups excluding carboxylic acids is 1. The summed E-state index contributed by atoms with van der Waals surface area (Å²) in [4.78, 5) is 14.0. The third-order valence-electron chi connectivity index (χ3n) is 3.22. The molecule has 0 atom stereocenters. The number of allylic oxidation sites excluding steroid dienone is 1. The van der Waals surface area contributed by atoms with Crippen molar-refractivity contribution in [2.45, 2.75) is 13.8 Å². The number of furan rings is 1. The molecule has 1 amide bonds. The molecule has 0 aromatic carbocycles. The van der Waals surface area contributed by atoms with Crippen molar-refractivity contribution in [2.75, 3.05) is 20.1 Å². The van der Waals surface area contributed by atoms with Crippen molar-refractivity contribution in [2.24, 2.45) is 4.40 Å². The Bertz CT molecular complexity index is 685. The monoisotopic (exact) mass is 311 g/mol. The van der Waals surface area contributed by atoms with Gasteiger partial charge in [0.2, 0.25) is 0 Å². The summed E-state index contributed by atoms with van der Waals surface area (Å²) in [5.41, 5.74) is 0.175. The summed E-state index contributed by atoms with van der Waals surface area (Å²) in [6.45, 7) is 4.66. The van der Waals surface area contributed by atoms with Crippen LogP contribution in [0.15, 0.2) is 39.0 Å². The van der Waals surface area contributed by atoms with Crippen LogP contribution in [0.1, 0.15) is 19.6 Å². The summed E-state index contributed by atoms with van der Waals surface area (Å²) in [6, 6.07) is 3.22. The summed E-state index contributed by atoms with van der Waals surface area (Å²) in [6.07, 6.45) is 2.85. The zero-order valence-electron chi connectivity index (χ0n) is 12.1. The molecule has 0 bridgehead atoms. The minimum absolute atomic E-state index is 0.0556. The van der Waals surface area contributed by atoms with Gasteiger partial charge in [-0.3, -0.25) is 4.79 Å². The number of hydrogen-bond donors (Lipinski definition) is 0. The predicted octanol–water partition coefficient (Wildman–Crippen LogP) is 1.01. The van der Waals surface area contributed by atoms with Gasteiger partial charge in [0.1, 0.15) is 11.4 Å². The van der Waals surface area contributed by atoms with Crippen molar-refractivity contribution in [3.8, 4) is 0 Å². The van der Waals surface area contributed by atoms with E-state index < -0.39 is 10.2 Å². The number of hydrogen-bond acceptors (Lipinski definition) is 4. The van der Waals surface area contributed by atoms with Crippen LogP contribution in [0.4, 0.5) is 0 Å². The van der Waals surface area contributed by atoms with Gasteiger partial charge in [0, 0.05) is 20.1 Å². The highest BCUT2D eigenvalue weighted by atomic mass is 32.2. The third-order valence-corrected chi connectivity index (χ3v) is 4.53. The summed E-state index contributed by atoms with van der Waals surface area (Å²) in [7, 11) is -2.62. The number of amides is 1. The molecular formula is C13H17N3O4S. The van der Waals surface area contributed by atoms with Crippen LogP contribution in [0.2, 0.25) is 0 Å². The van der Waals surface area contributed by atoms with Crippen LogP contribution in [0, 0.1) is 0 Å². The van der Waals surface area contributed by atoms with Crippen molar-refractivity contribution in [1.82, 2.24) is 9.21 Å². The second kappa shape index (κ2) is 5.72. The Morgan fingerprint density at radius 3 is 2.57 bits per heavy atom. The molecule has 0 N–H and O–H groups in total. The zero-order valence-corrected chi connectivity index (χ0v) is 12.9. The Morgan fingerprint density at radius 1 is 1.38 bits per heavy atom. The lowest BCUT2D eigenvalue weighted by Gasteiger charge is -2.27. The second-order valence-electron chi connectivity index (χ2n) is 4.41. The lowest BCUT2D eigenvalue weighted by Crippen LogP contribution is -2.40. The highest BCUT2D eigenvalue weighted by molar-refractivity contribution is 7.88. The largest absolute Gasteiger partial charge is 0.463 e. The molecule has 1 aromatic rings. The fourth-order valence-corrected chi connectivity index (χ4v) is 2.86. The van der Waals surface area contributed by atoms with Crippen LogP contribution in [-0.2, 0) is 15.0 Å². The van der Waals surface area contributed by atoms with E-state index in [4.69, 9.17) is 4.42 Å². The first-order valence-electron chi connectivity index (χ1n) is 6.54. The molecule has 0 spiro atoms. The highest BCUT2D eigenvalue weighted by Gasteiger charge is 2.32. The van der Waals surface area contributed by atoms with E-state index in [2.05, 4.69) is 4.40 Å². The predicted molar refractivity (Wildman–Crippen MR) is 77.9 cm³/mol. The third kappa shape index (κ3) is 2.85. The van der Waals surface area contributed by atoms with Crippen molar-refractivity contribution >= 4 is 21.8 Å². The highest BCUT2D eigenvalue weighted by Crippen LogP contribution is 2.21. The van der Waals surface area contributed by atoms with Gasteiger partial charge in [0.05, 0.1) is 6.26 Å². The molecule has 1 aliphatic rings. The number of nitrogens with zero attached hydrogens (tertiary/aromatic N) is 3. The van der Waals surface area contributed by atoms with E-state index in [0.29, 0.717) is 18.8 Å². The van der Waals surface area contributed by atoms with Gasteiger partial charge in [-0.2, -0.15) is 8.42 Å². The van der Waals surface area contributed by atoms with E-state index in [0.717, 1.165) is 4.31 Å². The number of likely N-dealkylation sites (N-methyl/N-ethyl adjacent to an activating group) is 2. The van der Waals surface area contributed by atoms with E-state index in [1.165, 1.54) is 19.4 Å². The standard InChI is InChI=1S/C13H17N3O4S/c1-4-16(5-2)13(17)11-9-10(12-7-6-8-20-12)14-21(18,19)15(11)3/h6-9H,4-5H2,1-3H3. The van der Waals surface area contributed by atoms with Crippen LogP contribution in [0.3, 0.4) is 0 Å². The van der Waals surface area contributed by atoms with Gasteiger partial charge in [-0.25, -0.2) is 4.31 Å². The summed E-state index contributed by atoms with van der Waals surface area (Å²) >= 11 is 0. The lowest BCUT2D eigenvalue weighted by atomic mass is 10.2. The molecular weight excluding hydrogens is 294 g/mol. The van der Waals surface area contributed by atoms with Crippen molar-refractivity contribution in [3.05, 3.63) is 35.9 Å². The first kappa shape index (κ1) is 15.3. The Hall–Kier alpha value is -2.09. The van der Waals surface area contributed by atoms with Crippen molar-refractivity contribution in [3.63, 3.8) is 0 Å². The van der Waals surface area contributed by atoms with E-state index in [1.54, 1.807) is 17.0 Å². The van der Waals surface area contributed by atoms with E-state index >= 15 is 0 Å². The average Bonchev–Trinajstić information content (AvgIpc) is 2.97.